The van der Waals surface area contributed by atoms with Crippen molar-refractivity contribution < 1.29 is 19.1 Å². The summed E-state index contributed by atoms with van der Waals surface area (Å²) >= 11 is 0. The minimum absolute atomic E-state index is 0.146. The second-order valence-electron chi connectivity index (χ2n) is 4.73. The molecule has 5 nitrogen and oxygen atoms in total. The summed E-state index contributed by atoms with van der Waals surface area (Å²) in [5.41, 5.74) is 1.03. The van der Waals surface area contributed by atoms with Crippen LogP contribution in [0.3, 0.4) is 0 Å². The van der Waals surface area contributed by atoms with Gasteiger partial charge in [-0.15, -0.1) is 0 Å². The highest BCUT2D eigenvalue weighted by molar-refractivity contribution is 6.06. The monoisotopic (exact) mass is 275 g/mol. The normalized spacial score (nSPS) is 12.3. The number of benzene rings is 1. The Balaban J connectivity index is 2.38. The van der Waals surface area contributed by atoms with Gasteiger partial charge < -0.3 is 14.4 Å². The molecule has 20 heavy (non-hydrogen) atoms. The minimum atomic E-state index is -1.02. The van der Waals surface area contributed by atoms with Crippen LogP contribution in [0.15, 0.2) is 34.9 Å². The molecule has 0 aliphatic heterocycles. The smallest absolute Gasteiger partial charge is 0.323 e. The van der Waals surface area contributed by atoms with E-state index in [0.29, 0.717) is 23.0 Å². The van der Waals surface area contributed by atoms with Crippen LogP contribution in [0.5, 0.6) is 0 Å². The quantitative estimate of drug-likeness (QED) is 0.910. The molecule has 0 fully saturated rings. The zero-order valence-electron chi connectivity index (χ0n) is 11.5. The van der Waals surface area contributed by atoms with Gasteiger partial charge in [-0.05, 0) is 19.4 Å². The second kappa shape index (κ2) is 5.77. The number of carboxylic acids is 1. The predicted octanol–water partition coefficient (Wildman–Crippen LogP) is 2.76. The van der Waals surface area contributed by atoms with Gasteiger partial charge in [0.25, 0.3) is 5.91 Å². The molecule has 0 unspecified atom stereocenters. The van der Waals surface area contributed by atoms with Crippen molar-refractivity contribution in [1.82, 2.24) is 4.90 Å². The molecule has 1 aromatic carbocycles. The summed E-state index contributed by atoms with van der Waals surface area (Å²) in [6.45, 7) is 3.44. The molecule has 0 bridgehead atoms. The molecular weight excluding hydrogens is 258 g/mol. The van der Waals surface area contributed by atoms with Crippen molar-refractivity contribution in [3.63, 3.8) is 0 Å². The molecule has 2 rings (SSSR count). The molecule has 0 saturated heterocycles. The van der Waals surface area contributed by atoms with E-state index in [1.165, 1.54) is 11.2 Å². The lowest BCUT2D eigenvalue weighted by Crippen LogP contribution is -2.41. The molecule has 1 N–H and O–H groups in total. The summed E-state index contributed by atoms with van der Waals surface area (Å²) in [7, 11) is 0. The molecule has 0 saturated carbocycles. The van der Waals surface area contributed by atoms with E-state index in [1.807, 2.05) is 26.0 Å². The summed E-state index contributed by atoms with van der Waals surface area (Å²) < 4.78 is 5.34. The Kier molecular flexibility index (Phi) is 4.08. The molecule has 0 aliphatic rings. The second-order valence-corrected chi connectivity index (χ2v) is 4.73. The van der Waals surface area contributed by atoms with Crippen LogP contribution in [0.25, 0.3) is 11.0 Å². The van der Waals surface area contributed by atoms with E-state index in [2.05, 4.69) is 0 Å². The number of fused-ring (bicyclic) bond motifs is 1. The summed E-state index contributed by atoms with van der Waals surface area (Å²) in [5, 5.41) is 9.68. The van der Waals surface area contributed by atoms with E-state index in [1.54, 1.807) is 12.1 Å². The molecule has 0 radical (unpaired) electrons. The van der Waals surface area contributed by atoms with Crippen LogP contribution in [0.2, 0.25) is 0 Å². The summed E-state index contributed by atoms with van der Waals surface area (Å²) in [6.07, 6.45) is 2.08. The van der Waals surface area contributed by atoms with E-state index in [-0.39, 0.29) is 18.5 Å². The van der Waals surface area contributed by atoms with Crippen LogP contribution in [0.1, 0.15) is 30.6 Å². The van der Waals surface area contributed by atoms with Gasteiger partial charge in [0.05, 0.1) is 5.56 Å². The van der Waals surface area contributed by atoms with Crippen molar-refractivity contribution in [2.24, 2.45) is 0 Å². The standard InChI is InChI=1S/C15H17NO4/c1-3-10(2)16(8-14(17)18)15(19)12-9-20-13-7-5-4-6-11(12)13/h4-7,9-10H,3,8H2,1-2H3,(H,17,18)/t10-/m0/s1. The zero-order valence-corrected chi connectivity index (χ0v) is 11.5. The number of carbonyl (C=O) groups is 2. The Morgan fingerprint density at radius 1 is 1.35 bits per heavy atom. The Morgan fingerprint density at radius 2 is 2.05 bits per heavy atom. The number of carbonyl (C=O) groups excluding carboxylic acids is 1. The number of rotatable bonds is 5. The third-order valence-electron chi connectivity index (χ3n) is 3.40. The van der Waals surface area contributed by atoms with Gasteiger partial charge in [0, 0.05) is 11.4 Å². The summed E-state index contributed by atoms with van der Waals surface area (Å²) in [5.74, 6) is -1.34. The lowest BCUT2D eigenvalue weighted by Gasteiger charge is -2.26. The maximum Gasteiger partial charge on any atom is 0.323 e. The fourth-order valence-electron chi connectivity index (χ4n) is 2.09. The number of carboxylic acid groups (broad SMARTS) is 1. The zero-order chi connectivity index (χ0) is 14.7. The van der Waals surface area contributed by atoms with Crippen LogP contribution in [-0.2, 0) is 4.79 Å². The van der Waals surface area contributed by atoms with Gasteiger partial charge >= 0.3 is 5.97 Å². The van der Waals surface area contributed by atoms with E-state index in [9.17, 15) is 9.59 Å². The fraction of sp³-hybridized carbons (Fsp3) is 0.333. The molecule has 1 atom stereocenters. The van der Waals surface area contributed by atoms with Crippen molar-refractivity contribution in [2.75, 3.05) is 6.54 Å². The van der Waals surface area contributed by atoms with Crippen molar-refractivity contribution in [3.05, 3.63) is 36.1 Å². The molecule has 0 aliphatic carbocycles. The average Bonchev–Trinajstić information content (AvgIpc) is 2.87. The van der Waals surface area contributed by atoms with Crippen LogP contribution in [0, 0.1) is 0 Å². The maximum absolute atomic E-state index is 12.6. The summed E-state index contributed by atoms with van der Waals surface area (Å²) in [6, 6.07) is 7.06. The van der Waals surface area contributed by atoms with E-state index < -0.39 is 5.97 Å². The van der Waals surface area contributed by atoms with Gasteiger partial charge in [-0.1, -0.05) is 25.1 Å². The molecule has 0 spiro atoms. The van der Waals surface area contributed by atoms with Crippen LogP contribution >= 0.6 is 0 Å². The lowest BCUT2D eigenvalue weighted by atomic mass is 10.1. The molecule has 1 amide bonds. The van der Waals surface area contributed by atoms with Gasteiger partial charge in [-0.25, -0.2) is 0 Å². The molecule has 5 heteroatoms. The van der Waals surface area contributed by atoms with E-state index in [4.69, 9.17) is 9.52 Å². The molecule has 1 aromatic heterocycles. The van der Waals surface area contributed by atoms with E-state index >= 15 is 0 Å². The molecule has 2 aromatic rings. The number of para-hydroxylation sites is 1. The first-order valence-electron chi connectivity index (χ1n) is 6.53. The number of amides is 1. The third kappa shape index (κ3) is 2.66. The maximum atomic E-state index is 12.6. The Hall–Kier alpha value is -2.30. The average molecular weight is 275 g/mol. The van der Waals surface area contributed by atoms with E-state index in [0.717, 1.165) is 0 Å². The Labute approximate surface area is 116 Å². The largest absolute Gasteiger partial charge is 0.480 e. The first kappa shape index (κ1) is 14.1. The van der Waals surface area contributed by atoms with Crippen molar-refractivity contribution in [1.29, 1.82) is 0 Å². The first-order valence-corrected chi connectivity index (χ1v) is 6.53. The van der Waals surface area contributed by atoms with Crippen LogP contribution in [0.4, 0.5) is 0 Å². The topological polar surface area (TPSA) is 70.8 Å². The Morgan fingerprint density at radius 3 is 2.70 bits per heavy atom. The van der Waals surface area contributed by atoms with Gasteiger partial charge in [0.1, 0.15) is 18.4 Å². The number of hydrogen-bond donors (Lipinski definition) is 1. The molecular formula is C15H17NO4. The number of hydrogen-bond acceptors (Lipinski definition) is 3. The van der Waals surface area contributed by atoms with Gasteiger partial charge in [-0.3, -0.25) is 9.59 Å². The minimum Gasteiger partial charge on any atom is -0.480 e. The number of aliphatic carboxylic acids is 1. The third-order valence-corrected chi connectivity index (χ3v) is 3.40. The highest BCUT2D eigenvalue weighted by Crippen LogP contribution is 2.23. The number of furan rings is 1. The van der Waals surface area contributed by atoms with Crippen molar-refractivity contribution >= 4 is 22.8 Å². The fourth-order valence-corrected chi connectivity index (χ4v) is 2.09. The molecule has 106 valence electrons. The first-order chi connectivity index (χ1) is 9.54. The van der Waals surface area contributed by atoms with Crippen molar-refractivity contribution in [2.45, 2.75) is 26.3 Å². The lowest BCUT2D eigenvalue weighted by molar-refractivity contribution is -0.138. The SMILES string of the molecule is CC[C@H](C)N(CC(=O)O)C(=O)c1coc2ccccc12. The van der Waals surface area contributed by atoms with Gasteiger partial charge in [0.15, 0.2) is 0 Å². The summed E-state index contributed by atoms with van der Waals surface area (Å²) in [4.78, 5) is 24.9. The van der Waals surface area contributed by atoms with Gasteiger partial charge in [0.2, 0.25) is 0 Å². The highest BCUT2D eigenvalue weighted by Gasteiger charge is 2.25. The van der Waals surface area contributed by atoms with Crippen LogP contribution < -0.4 is 0 Å². The van der Waals surface area contributed by atoms with Gasteiger partial charge in [-0.2, -0.15) is 0 Å². The Bertz CT molecular complexity index is 632. The number of nitrogens with zero attached hydrogens (tertiary/aromatic N) is 1. The predicted molar refractivity (Wildman–Crippen MR) is 74.6 cm³/mol. The molecule has 1 heterocycles. The van der Waals surface area contributed by atoms with Crippen LogP contribution in [-0.4, -0.2) is 34.5 Å². The highest BCUT2D eigenvalue weighted by atomic mass is 16.4. The van der Waals surface area contributed by atoms with Crippen molar-refractivity contribution in [3.8, 4) is 0 Å².